The minimum absolute atomic E-state index is 0.00674. The lowest BCUT2D eigenvalue weighted by atomic mass is 10.2. The van der Waals surface area contributed by atoms with Gasteiger partial charge >= 0.3 is 0 Å². The summed E-state index contributed by atoms with van der Waals surface area (Å²) >= 11 is 0. The fraction of sp³-hybridized carbons (Fsp3) is 0.227. The Balaban J connectivity index is 1.29. The van der Waals surface area contributed by atoms with E-state index >= 15 is 0 Å². The molecule has 6 heteroatoms. The second-order valence-electron chi connectivity index (χ2n) is 6.81. The van der Waals surface area contributed by atoms with E-state index in [2.05, 4.69) is 44.4 Å². The van der Waals surface area contributed by atoms with Crippen LogP contribution in [-0.2, 0) is 0 Å². The lowest BCUT2D eigenvalue weighted by Crippen LogP contribution is -2.48. The van der Waals surface area contributed by atoms with Crippen molar-refractivity contribution in [3.63, 3.8) is 0 Å². The summed E-state index contributed by atoms with van der Waals surface area (Å²) in [7, 11) is 0. The first-order valence-electron chi connectivity index (χ1n) is 9.48. The summed E-state index contributed by atoms with van der Waals surface area (Å²) in [5.41, 5.74) is 3.44. The van der Waals surface area contributed by atoms with Crippen LogP contribution in [0.3, 0.4) is 0 Å². The molecule has 1 aliphatic heterocycles. The highest BCUT2D eigenvalue weighted by Crippen LogP contribution is 2.17. The molecular weight excluding hydrogens is 350 g/mol. The highest BCUT2D eigenvalue weighted by Gasteiger charge is 2.23. The van der Waals surface area contributed by atoms with E-state index in [0.717, 1.165) is 44.0 Å². The smallest absolute Gasteiger partial charge is 0.271 e. The molecule has 0 radical (unpaired) electrons. The Morgan fingerprint density at radius 3 is 2.54 bits per heavy atom. The fourth-order valence-corrected chi connectivity index (χ4v) is 3.31. The Hall–Kier alpha value is -3.25. The molecule has 6 nitrogen and oxygen atoms in total. The molecule has 1 aliphatic rings. The number of hydrogen-bond donors (Lipinski definition) is 1. The molecule has 3 heterocycles. The zero-order valence-electron chi connectivity index (χ0n) is 15.7. The predicted octanol–water partition coefficient (Wildman–Crippen LogP) is 2.94. The molecule has 1 N–H and O–H groups in total. The molecule has 0 aliphatic carbocycles. The third-order valence-electron chi connectivity index (χ3n) is 4.92. The quantitative estimate of drug-likeness (QED) is 0.747. The van der Waals surface area contributed by atoms with Gasteiger partial charge in [-0.3, -0.25) is 19.8 Å². The van der Waals surface area contributed by atoms with Crippen molar-refractivity contribution in [1.29, 1.82) is 0 Å². The Morgan fingerprint density at radius 2 is 1.79 bits per heavy atom. The number of pyridine rings is 1. The van der Waals surface area contributed by atoms with E-state index in [1.807, 2.05) is 41.3 Å². The van der Waals surface area contributed by atoms with Crippen molar-refractivity contribution in [2.75, 3.05) is 32.7 Å². The number of piperazine rings is 1. The van der Waals surface area contributed by atoms with E-state index in [1.165, 1.54) is 5.56 Å². The van der Waals surface area contributed by atoms with Gasteiger partial charge in [0, 0.05) is 50.7 Å². The number of rotatable bonds is 5. The maximum atomic E-state index is 12.8. The summed E-state index contributed by atoms with van der Waals surface area (Å²) in [5, 5.41) is 7.15. The van der Waals surface area contributed by atoms with Crippen LogP contribution in [-0.4, -0.2) is 63.6 Å². The molecule has 0 atom stereocenters. The van der Waals surface area contributed by atoms with E-state index in [0.29, 0.717) is 5.69 Å². The first-order valence-corrected chi connectivity index (χ1v) is 9.48. The Bertz CT molecular complexity index is 928. The van der Waals surface area contributed by atoms with E-state index in [-0.39, 0.29) is 5.91 Å². The van der Waals surface area contributed by atoms with E-state index in [4.69, 9.17) is 0 Å². The minimum atomic E-state index is 0.00674. The van der Waals surface area contributed by atoms with E-state index in [9.17, 15) is 4.79 Å². The second kappa shape index (κ2) is 8.63. The van der Waals surface area contributed by atoms with Crippen LogP contribution >= 0.6 is 0 Å². The Labute approximate surface area is 164 Å². The van der Waals surface area contributed by atoms with Gasteiger partial charge in [0.25, 0.3) is 5.91 Å². The van der Waals surface area contributed by atoms with Crippen LogP contribution in [0, 0.1) is 0 Å². The molecule has 1 amide bonds. The van der Waals surface area contributed by atoms with Gasteiger partial charge in [-0.25, -0.2) is 0 Å². The number of hydrogen-bond acceptors (Lipinski definition) is 4. The molecule has 2 aromatic heterocycles. The van der Waals surface area contributed by atoms with Gasteiger partial charge in [0.15, 0.2) is 0 Å². The topological polar surface area (TPSA) is 65.1 Å². The summed E-state index contributed by atoms with van der Waals surface area (Å²) in [6.07, 6.45) is 7.76. The monoisotopic (exact) mass is 373 g/mol. The van der Waals surface area contributed by atoms with Crippen molar-refractivity contribution in [2.24, 2.45) is 0 Å². The molecule has 1 fully saturated rings. The van der Waals surface area contributed by atoms with Crippen molar-refractivity contribution in [3.8, 4) is 11.3 Å². The lowest BCUT2D eigenvalue weighted by molar-refractivity contribution is 0.0644. The predicted molar refractivity (Wildman–Crippen MR) is 110 cm³/mol. The molecule has 4 rings (SSSR count). The second-order valence-corrected chi connectivity index (χ2v) is 6.81. The summed E-state index contributed by atoms with van der Waals surface area (Å²) < 4.78 is 0. The van der Waals surface area contributed by atoms with Crippen LogP contribution in [0.5, 0.6) is 0 Å². The average Bonchev–Trinajstić information content (AvgIpc) is 3.25. The van der Waals surface area contributed by atoms with Crippen molar-refractivity contribution in [3.05, 3.63) is 78.3 Å². The number of aromatic amines is 1. The van der Waals surface area contributed by atoms with Crippen LogP contribution < -0.4 is 0 Å². The van der Waals surface area contributed by atoms with E-state index in [1.54, 1.807) is 12.4 Å². The molecule has 3 aromatic rings. The summed E-state index contributed by atoms with van der Waals surface area (Å²) in [6.45, 7) is 4.09. The summed E-state index contributed by atoms with van der Waals surface area (Å²) in [6, 6.07) is 15.9. The SMILES string of the molecule is O=C(c1cc(-c2ccncc2)n[nH]1)N1CCN(C/C=C/c2ccccc2)CC1. The molecule has 0 unspecified atom stereocenters. The van der Waals surface area contributed by atoms with Crippen molar-refractivity contribution in [1.82, 2.24) is 25.0 Å². The number of nitrogens with zero attached hydrogens (tertiary/aromatic N) is 4. The molecule has 0 spiro atoms. The number of nitrogens with one attached hydrogen (secondary N) is 1. The van der Waals surface area contributed by atoms with Gasteiger partial charge in [0.1, 0.15) is 5.69 Å². The van der Waals surface area contributed by atoms with Gasteiger partial charge in [-0.1, -0.05) is 42.5 Å². The molecule has 1 saturated heterocycles. The summed E-state index contributed by atoms with van der Waals surface area (Å²) in [4.78, 5) is 21.0. The van der Waals surface area contributed by atoms with Crippen molar-refractivity contribution in [2.45, 2.75) is 0 Å². The highest BCUT2D eigenvalue weighted by molar-refractivity contribution is 5.93. The van der Waals surface area contributed by atoms with Crippen LogP contribution in [0.15, 0.2) is 67.0 Å². The zero-order chi connectivity index (χ0) is 19.2. The lowest BCUT2D eigenvalue weighted by Gasteiger charge is -2.33. The largest absolute Gasteiger partial charge is 0.335 e. The maximum absolute atomic E-state index is 12.8. The fourth-order valence-electron chi connectivity index (χ4n) is 3.31. The number of H-pyrrole nitrogens is 1. The molecule has 142 valence electrons. The van der Waals surface area contributed by atoms with Crippen LogP contribution in [0.2, 0.25) is 0 Å². The normalized spacial score (nSPS) is 15.2. The molecule has 0 bridgehead atoms. The maximum Gasteiger partial charge on any atom is 0.271 e. The number of aromatic nitrogens is 3. The first kappa shape index (κ1) is 18.1. The van der Waals surface area contributed by atoms with Crippen LogP contribution in [0.1, 0.15) is 16.1 Å². The molecule has 28 heavy (non-hydrogen) atoms. The van der Waals surface area contributed by atoms with Gasteiger partial charge in [-0.15, -0.1) is 0 Å². The highest BCUT2D eigenvalue weighted by atomic mass is 16.2. The standard InChI is InChI=1S/C22H23N5O/c28-22(21-17-20(24-25-21)19-8-10-23-11-9-19)27-15-13-26(14-16-27)12-4-7-18-5-2-1-3-6-18/h1-11,17H,12-16H2,(H,24,25)/b7-4+. The van der Waals surface area contributed by atoms with Crippen LogP contribution in [0.4, 0.5) is 0 Å². The van der Waals surface area contributed by atoms with Crippen molar-refractivity contribution >= 4 is 12.0 Å². The molecule has 1 aromatic carbocycles. The number of carbonyl (C=O) groups is 1. The minimum Gasteiger partial charge on any atom is -0.335 e. The average molecular weight is 373 g/mol. The van der Waals surface area contributed by atoms with Gasteiger partial charge in [-0.2, -0.15) is 5.10 Å². The number of carbonyl (C=O) groups excluding carboxylic acids is 1. The third-order valence-corrected chi connectivity index (χ3v) is 4.92. The summed E-state index contributed by atoms with van der Waals surface area (Å²) in [5.74, 6) is 0.00674. The van der Waals surface area contributed by atoms with Gasteiger partial charge in [0.05, 0.1) is 5.69 Å². The first-order chi connectivity index (χ1) is 13.8. The number of amides is 1. The van der Waals surface area contributed by atoms with Gasteiger partial charge in [-0.05, 0) is 23.8 Å². The molecular formula is C22H23N5O. The van der Waals surface area contributed by atoms with Crippen molar-refractivity contribution < 1.29 is 4.79 Å². The van der Waals surface area contributed by atoms with Gasteiger partial charge in [0.2, 0.25) is 0 Å². The van der Waals surface area contributed by atoms with Gasteiger partial charge < -0.3 is 4.90 Å². The number of benzene rings is 1. The van der Waals surface area contributed by atoms with E-state index < -0.39 is 0 Å². The Morgan fingerprint density at radius 1 is 1.04 bits per heavy atom. The van der Waals surface area contributed by atoms with Crippen LogP contribution in [0.25, 0.3) is 17.3 Å². The third kappa shape index (κ3) is 4.35. The molecule has 0 saturated carbocycles. The Kier molecular flexibility index (Phi) is 5.58. The zero-order valence-corrected chi connectivity index (χ0v) is 15.7.